The van der Waals surface area contributed by atoms with Crippen molar-refractivity contribution in [2.24, 2.45) is 0 Å². The molecule has 0 amide bonds. The first-order valence-electron chi connectivity index (χ1n) is 6.42. The van der Waals surface area contributed by atoms with Crippen molar-refractivity contribution in [3.05, 3.63) is 0 Å². The Labute approximate surface area is 116 Å². The number of carbonyl (C=O) groups is 1. The van der Waals surface area contributed by atoms with Gasteiger partial charge in [-0.2, -0.15) is 0 Å². The Morgan fingerprint density at radius 2 is 2.05 bits per heavy atom. The molecule has 1 aromatic rings. The van der Waals surface area contributed by atoms with Crippen LogP contribution in [0.15, 0.2) is 5.16 Å². The third-order valence-electron chi connectivity index (χ3n) is 3.12. The molecular formula is C11H19N5O2S. The lowest BCUT2D eigenvalue weighted by Crippen LogP contribution is -2.22. The summed E-state index contributed by atoms with van der Waals surface area (Å²) in [4.78, 5) is 13.0. The highest BCUT2D eigenvalue weighted by atomic mass is 32.2. The third kappa shape index (κ3) is 4.10. The smallest absolute Gasteiger partial charge is 0.313 e. The van der Waals surface area contributed by atoms with Crippen LogP contribution in [0.25, 0.3) is 0 Å². The zero-order valence-corrected chi connectivity index (χ0v) is 11.6. The molecule has 106 valence electrons. The number of aliphatic carboxylic acids is 1. The predicted molar refractivity (Wildman–Crippen MR) is 73.1 cm³/mol. The standard InChI is InChI=1S/C11H19N5O2S/c12-10-13-14-11(19-8-9(17)18)16(10)7-3-6-15-4-1-2-5-15/h1-8H2,(H2,12,13)(H,17,18). The summed E-state index contributed by atoms with van der Waals surface area (Å²) in [6.07, 6.45) is 3.55. The predicted octanol–water partition coefficient (Wildman–Crippen LogP) is 0.523. The topological polar surface area (TPSA) is 97.3 Å². The number of carboxylic acid groups (broad SMARTS) is 1. The lowest BCUT2D eigenvalue weighted by Gasteiger charge is -2.14. The molecule has 1 saturated heterocycles. The molecule has 0 unspecified atom stereocenters. The first kappa shape index (κ1) is 14.1. The lowest BCUT2D eigenvalue weighted by molar-refractivity contribution is -0.133. The van der Waals surface area contributed by atoms with Gasteiger partial charge in [0.25, 0.3) is 0 Å². The molecule has 0 bridgehead atoms. The number of hydrogen-bond acceptors (Lipinski definition) is 6. The van der Waals surface area contributed by atoms with Crippen molar-refractivity contribution in [1.29, 1.82) is 0 Å². The summed E-state index contributed by atoms with van der Waals surface area (Å²) < 4.78 is 1.80. The fourth-order valence-electron chi connectivity index (χ4n) is 2.20. The largest absolute Gasteiger partial charge is 0.481 e. The quantitative estimate of drug-likeness (QED) is 0.705. The first-order chi connectivity index (χ1) is 9.16. The van der Waals surface area contributed by atoms with Gasteiger partial charge in [0.05, 0.1) is 5.75 Å². The fraction of sp³-hybridized carbons (Fsp3) is 0.727. The van der Waals surface area contributed by atoms with Gasteiger partial charge in [-0.1, -0.05) is 11.8 Å². The molecule has 0 spiro atoms. The van der Waals surface area contributed by atoms with Crippen molar-refractivity contribution in [3.63, 3.8) is 0 Å². The Morgan fingerprint density at radius 3 is 2.74 bits per heavy atom. The van der Waals surface area contributed by atoms with E-state index >= 15 is 0 Å². The van der Waals surface area contributed by atoms with Crippen LogP contribution in [0.1, 0.15) is 19.3 Å². The van der Waals surface area contributed by atoms with E-state index < -0.39 is 5.97 Å². The summed E-state index contributed by atoms with van der Waals surface area (Å²) in [5.41, 5.74) is 5.76. The van der Waals surface area contributed by atoms with E-state index in [1.54, 1.807) is 4.57 Å². The molecule has 0 atom stereocenters. The number of nitrogens with zero attached hydrogens (tertiary/aromatic N) is 4. The van der Waals surface area contributed by atoms with Crippen molar-refractivity contribution in [1.82, 2.24) is 19.7 Å². The average molecular weight is 285 g/mol. The van der Waals surface area contributed by atoms with Gasteiger partial charge >= 0.3 is 5.97 Å². The maximum absolute atomic E-state index is 10.6. The molecule has 8 heteroatoms. The van der Waals surface area contributed by atoms with Gasteiger partial charge in [-0.25, -0.2) is 0 Å². The molecular weight excluding hydrogens is 266 g/mol. The van der Waals surface area contributed by atoms with Crippen molar-refractivity contribution in [3.8, 4) is 0 Å². The van der Waals surface area contributed by atoms with E-state index in [0.29, 0.717) is 11.1 Å². The number of nitrogen functional groups attached to an aromatic ring is 1. The number of carboxylic acids is 1. The zero-order chi connectivity index (χ0) is 13.7. The van der Waals surface area contributed by atoms with Crippen LogP contribution in [0, 0.1) is 0 Å². The number of rotatable bonds is 7. The molecule has 19 heavy (non-hydrogen) atoms. The maximum Gasteiger partial charge on any atom is 0.313 e. The highest BCUT2D eigenvalue weighted by Crippen LogP contribution is 2.18. The van der Waals surface area contributed by atoms with Gasteiger partial charge in [-0.15, -0.1) is 10.2 Å². The molecule has 2 rings (SSSR count). The van der Waals surface area contributed by atoms with Gasteiger partial charge in [-0.05, 0) is 38.9 Å². The molecule has 1 fully saturated rings. The normalized spacial score (nSPS) is 16.0. The number of likely N-dealkylation sites (tertiary alicyclic amines) is 1. The van der Waals surface area contributed by atoms with Crippen LogP contribution in [0.3, 0.4) is 0 Å². The number of nitrogens with two attached hydrogens (primary N) is 1. The molecule has 0 radical (unpaired) electrons. The second-order valence-electron chi connectivity index (χ2n) is 4.58. The van der Waals surface area contributed by atoms with Gasteiger partial charge in [-0.3, -0.25) is 9.36 Å². The number of anilines is 1. The molecule has 0 aromatic carbocycles. The Kier molecular flexibility index (Phi) is 5.03. The summed E-state index contributed by atoms with van der Waals surface area (Å²) >= 11 is 1.15. The Bertz CT molecular complexity index is 431. The number of thioether (sulfide) groups is 1. The maximum atomic E-state index is 10.6. The van der Waals surface area contributed by atoms with Gasteiger partial charge in [0.1, 0.15) is 0 Å². The fourth-order valence-corrected chi connectivity index (χ4v) is 2.89. The Hall–Kier alpha value is -1.28. The Morgan fingerprint density at radius 1 is 1.32 bits per heavy atom. The Balaban J connectivity index is 1.83. The van der Waals surface area contributed by atoms with E-state index in [2.05, 4.69) is 15.1 Å². The highest BCUT2D eigenvalue weighted by molar-refractivity contribution is 7.99. The SMILES string of the molecule is Nc1nnc(SCC(=O)O)n1CCCN1CCCC1. The van der Waals surface area contributed by atoms with Crippen LogP contribution in [-0.2, 0) is 11.3 Å². The van der Waals surface area contributed by atoms with Crippen LogP contribution >= 0.6 is 11.8 Å². The average Bonchev–Trinajstić information content (AvgIpc) is 2.99. The van der Waals surface area contributed by atoms with Crippen LogP contribution in [0.4, 0.5) is 5.95 Å². The van der Waals surface area contributed by atoms with Gasteiger partial charge in [0.15, 0.2) is 5.16 Å². The van der Waals surface area contributed by atoms with E-state index in [0.717, 1.165) is 31.3 Å². The van der Waals surface area contributed by atoms with Gasteiger partial charge in [0, 0.05) is 6.54 Å². The minimum absolute atomic E-state index is 0.0236. The minimum Gasteiger partial charge on any atom is -0.481 e. The van der Waals surface area contributed by atoms with Crippen molar-refractivity contribution < 1.29 is 9.90 Å². The van der Waals surface area contributed by atoms with Crippen LogP contribution in [0.5, 0.6) is 0 Å². The molecule has 1 aliphatic heterocycles. The summed E-state index contributed by atoms with van der Waals surface area (Å²) in [5.74, 6) is -0.533. The van der Waals surface area contributed by atoms with E-state index in [1.807, 2.05) is 0 Å². The third-order valence-corrected chi connectivity index (χ3v) is 4.08. The van der Waals surface area contributed by atoms with E-state index in [9.17, 15) is 4.79 Å². The number of hydrogen-bond donors (Lipinski definition) is 2. The zero-order valence-electron chi connectivity index (χ0n) is 10.8. The summed E-state index contributed by atoms with van der Waals surface area (Å²) in [6, 6.07) is 0. The van der Waals surface area contributed by atoms with Crippen LogP contribution < -0.4 is 5.73 Å². The summed E-state index contributed by atoms with van der Waals surface area (Å²) in [5, 5.41) is 17.0. The minimum atomic E-state index is -0.866. The lowest BCUT2D eigenvalue weighted by atomic mass is 10.4. The van der Waals surface area contributed by atoms with E-state index in [4.69, 9.17) is 10.8 Å². The van der Waals surface area contributed by atoms with Crippen molar-refractivity contribution in [2.75, 3.05) is 31.1 Å². The molecule has 0 aliphatic carbocycles. The van der Waals surface area contributed by atoms with E-state index in [1.165, 1.54) is 25.9 Å². The van der Waals surface area contributed by atoms with Gasteiger partial charge in [0.2, 0.25) is 5.95 Å². The molecule has 1 aromatic heterocycles. The van der Waals surface area contributed by atoms with Crippen LogP contribution in [-0.4, -0.2) is 56.1 Å². The molecule has 3 N–H and O–H groups in total. The van der Waals surface area contributed by atoms with Crippen molar-refractivity contribution in [2.45, 2.75) is 31.0 Å². The highest BCUT2D eigenvalue weighted by Gasteiger charge is 2.14. The van der Waals surface area contributed by atoms with E-state index in [-0.39, 0.29) is 5.75 Å². The molecule has 2 heterocycles. The second-order valence-corrected chi connectivity index (χ2v) is 5.52. The van der Waals surface area contributed by atoms with Crippen molar-refractivity contribution >= 4 is 23.7 Å². The first-order valence-corrected chi connectivity index (χ1v) is 7.41. The van der Waals surface area contributed by atoms with Gasteiger partial charge < -0.3 is 15.7 Å². The molecule has 1 aliphatic rings. The molecule has 0 saturated carbocycles. The summed E-state index contributed by atoms with van der Waals surface area (Å²) in [7, 11) is 0. The second kappa shape index (κ2) is 6.76. The monoisotopic (exact) mass is 285 g/mol. The number of aromatic nitrogens is 3. The van der Waals surface area contributed by atoms with Crippen LogP contribution in [0.2, 0.25) is 0 Å². The summed E-state index contributed by atoms with van der Waals surface area (Å²) in [6.45, 7) is 4.13. The molecule has 7 nitrogen and oxygen atoms in total.